The van der Waals surface area contributed by atoms with Crippen molar-refractivity contribution in [3.8, 4) is 0 Å². The topological polar surface area (TPSA) is 80.9 Å². The molecule has 2 rings (SSSR count). The van der Waals surface area contributed by atoms with Crippen molar-refractivity contribution in [3.63, 3.8) is 0 Å². The highest BCUT2D eigenvalue weighted by Gasteiger charge is 2.07. The number of pyridine rings is 2. The summed E-state index contributed by atoms with van der Waals surface area (Å²) in [5.41, 5.74) is 5.80. The number of nitrogen functional groups attached to an aromatic ring is 1. The minimum absolute atomic E-state index is 0.0426. The molecule has 0 spiro atoms. The summed E-state index contributed by atoms with van der Waals surface area (Å²) in [5.74, 6) is -1.46. The summed E-state index contributed by atoms with van der Waals surface area (Å²) >= 11 is 11.0. The summed E-state index contributed by atoms with van der Waals surface area (Å²) in [5, 5.41) is 2.56. The number of nitrogens with one attached hydrogen (secondary N) is 1. The van der Waals surface area contributed by atoms with Crippen molar-refractivity contribution < 1.29 is 13.6 Å². The number of nitrogens with two attached hydrogens (primary N) is 1. The molecule has 23 heavy (non-hydrogen) atoms. The number of halogens is 4. The molecular formula is C14H12Cl2F2N4O. The zero-order valence-corrected chi connectivity index (χ0v) is 13.4. The summed E-state index contributed by atoms with van der Waals surface area (Å²) in [6, 6.07) is 2.21. The lowest BCUT2D eigenvalue weighted by molar-refractivity contribution is -0.112. The minimum Gasteiger partial charge on any atom is -0.396 e. The highest BCUT2D eigenvalue weighted by atomic mass is 35.5. The van der Waals surface area contributed by atoms with E-state index >= 15 is 0 Å². The van der Waals surface area contributed by atoms with E-state index in [1.165, 1.54) is 6.92 Å². The Balaban J connectivity index is 0.000000253. The second kappa shape index (κ2) is 8.40. The van der Waals surface area contributed by atoms with E-state index in [1.807, 2.05) is 0 Å². The van der Waals surface area contributed by atoms with Crippen molar-refractivity contribution in [2.45, 2.75) is 6.92 Å². The molecule has 3 N–H and O–H groups in total. The van der Waals surface area contributed by atoms with Gasteiger partial charge in [-0.25, -0.2) is 18.7 Å². The van der Waals surface area contributed by atoms with Crippen LogP contribution in [0.4, 0.5) is 20.2 Å². The Kier molecular flexibility index (Phi) is 6.87. The zero-order valence-electron chi connectivity index (χ0n) is 11.9. The number of carbonyl (C=O) groups excluding carboxylic acids is 1. The predicted octanol–water partition coefficient (Wildman–Crippen LogP) is 3.85. The fourth-order valence-electron chi connectivity index (χ4n) is 1.18. The number of carbonyl (C=O) groups is 1. The molecular weight excluding hydrogens is 349 g/mol. The monoisotopic (exact) mass is 360 g/mol. The largest absolute Gasteiger partial charge is 0.396 e. The summed E-state index contributed by atoms with van der Waals surface area (Å²) in [6.07, 6.45) is 1.98. The van der Waals surface area contributed by atoms with E-state index < -0.39 is 17.5 Å². The second-order valence-electron chi connectivity index (χ2n) is 4.26. The third kappa shape index (κ3) is 6.17. The molecule has 0 saturated heterocycles. The maximum absolute atomic E-state index is 12.7. The van der Waals surface area contributed by atoms with E-state index in [2.05, 4.69) is 21.9 Å². The maximum atomic E-state index is 12.7. The molecule has 0 aliphatic rings. The first kappa shape index (κ1) is 18.8. The fraction of sp³-hybridized carbons (Fsp3) is 0.0714. The average Bonchev–Trinajstić information content (AvgIpc) is 2.47. The highest BCUT2D eigenvalue weighted by Crippen LogP contribution is 2.19. The highest BCUT2D eigenvalue weighted by molar-refractivity contribution is 6.32. The lowest BCUT2D eigenvalue weighted by atomic mass is 10.3. The van der Waals surface area contributed by atoms with Crippen molar-refractivity contribution in [2.24, 2.45) is 0 Å². The maximum Gasteiger partial charge on any atom is 0.250 e. The molecule has 1 amide bonds. The fourth-order valence-corrected chi connectivity index (χ4v) is 1.43. The SMILES string of the molecule is C=C(C)C(=O)Nc1cc(F)cnc1Cl.Nc1cc(F)cnc1Cl. The van der Waals surface area contributed by atoms with Crippen LogP contribution < -0.4 is 11.1 Å². The van der Waals surface area contributed by atoms with Gasteiger partial charge in [0.15, 0.2) is 10.3 Å². The molecule has 9 heteroatoms. The van der Waals surface area contributed by atoms with Crippen LogP contribution in [0, 0.1) is 11.6 Å². The molecule has 0 aliphatic carbocycles. The van der Waals surface area contributed by atoms with Gasteiger partial charge in [-0.2, -0.15) is 0 Å². The number of aromatic nitrogens is 2. The van der Waals surface area contributed by atoms with Gasteiger partial charge < -0.3 is 11.1 Å². The normalized spacial score (nSPS) is 9.61. The Morgan fingerprint density at radius 3 is 2.17 bits per heavy atom. The average molecular weight is 361 g/mol. The first-order chi connectivity index (χ1) is 10.7. The van der Waals surface area contributed by atoms with E-state index in [4.69, 9.17) is 28.9 Å². The molecule has 0 aliphatic heterocycles. The number of hydrogen-bond donors (Lipinski definition) is 2. The molecule has 122 valence electrons. The lowest BCUT2D eigenvalue weighted by Gasteiger charge is -2.05. The molecule has 0 atom stereocenters. The van der Waals surface area contributed by atoms with Gasteiger partial charge in [-0.05, 0) is 6.92 Å². The van der Waals surface area contributed by atoms with Crippen LogP contribution >= 0.6 is 23.2 Å². The van der Waals surface area contributed by atoms with E-state index in [0.29, 0.717) is 5.57 Å². The molecule has 2 aromatic heterocycles. The summed E-state index contributed by atoms with van der Waals surface area (Å²) < 4.78 is 24.9. The van der Waals surface area contributed by atoms with E-state index in [9.17, 15) is 13.6 Å². The number of amides is 1. The van der Waals surface area contributed by atoms with Crippen molar-refractivity contribution >= 4 is 40.5 Å². The number of hydrogen-bond acceptors (Lipinski definition) is 4. The van der Waals surface area contributed by atoms with Gasteiger partial charge in [0.05, 0.1) is 23.8 Å². The third-order valence-corrected chi connectivity index (χ3v) is 2.89. The first-order valence-corrected chi connectivity index (χ1v) is 6.80. The predicted molar refractivity (Wildman–Crippen MR) is 86.3 cm³/mol. The standard InChI is InChI=1S/C9H8ClFN2O.C5H4ClFN2/c1-5(2)9(14)13-7-3-6(11)4-12-8(7)10;6-5-4(8)1-3(7)2-9-5/h3-4H,1H2,2H3,(H,13,14);1-2H,8H2. The molecule has 5 nitrogen and oxygen atoms in total. The van der Waals surface area contributed by atoms with Crippen LogP contribution in [-0.2, 0) is 4.79 Å². The summed E-state index contributed by atoms with van der Waals surface area (Å²) in [6.45, 7) is 4.97. The summed E-state index contributed by atoms with van der Waals surface area (Å²) in [7, 11) is 0. The van der Waals surface area contributed by atoms with Crippen LogP contribution in [0.25, 0.3) is 0 Å². The van der Waals surface area contributed by atoms with Crippen LogP contribution in [0.1, 0.15) is 6.92 Å². The number of anilines is 2. The van der Waals surface area contributed by atoms with Gasteiger partial charge >= 0.3 is 0 Å². The minimum atomic E-state index is -0.564. The van der Waals surface area contributed by atoms with Crippen molar-refractivity contribution in [2.75, 3.05) is 11.1 Å². The number of rotatable bonds is 2. The first-order valence-electron chi connectivity index (χ1n) is 6.05. The van der Waals surface area contributed by atoms with Crippen LogP contribution in [0.2, 0.25) is 10.3 Å². The Morgan fingerprint density at radius 1 is 1.17 bits per heavy atom. The third-order valence-electron chi connectivity index (χ3n) is 2.27. The van der Waals surface area contributed by atoms with Crippen LogP contribution in [-0.4, -0.2) is 15.9 Å². The smallest absolute Gasteiger partial charge is 0.250 e. The molecule has 0 saturated carbocycles. The van der Waals surface area contributed by atoms with E-state index in [-0.39, 0.29) is 21.7 Å². The van der Waals surface area contributed by atoms with Crippen LogP contribution in [0.5, 0.6) is 0 Å². The van der Waals surface area contributed by atoms with Crippen molar-refractivity contribution in [1.29, 1.82) is 0 Å². The second-order valence-corrected chi connectivity index (χ2v) is 4.98. The molecule has 0 unspecified atom stereocenters. The van der Waals surface area contributed by atoms with Gasteiger partial charge in [0.25, 0.3) is 5.91 Å². The molecule has 0 fully saturated rings. The molecule has 0 bridgehead atoms. The van der Waals surface area contributed by atoms with Gasteiger partial charge in [-0.3, -0.25) is 4.79 Å². The molecule has 2 heterocycles. The van der Waals surface area contributed by atoms with Gasteiger partial charge in [0.1, 0.15) is 11.6 Å². The molecule has 0 aromatic carbocycles. The molecule has 0 radical (unpaired) electrons. The summed E-state index contributed by atoms with van der Waals surface area (Å²) in [4.78, 5) is 18.1. The Bertz CT molecular complexity index is 741. The number of nitrogens with zero attached hydrogens (tertiary/aromatic N) is 2. The van der Waals surface area contributed by atoms with Gasteiger partial charge in [-0.15, -0.1) is 0 Å². The van der Waals surface area contributed by atoms with Crippen molar-refractivity contribution in [3.05, 3.63) is 58.6 Å². The van der Waals surface area contributed by atoms with Gasteiger partial charge in [0.2, 0.25) is 0 Å². The van der Waals surface area contributed by atoms with Crippen LogP contribution in [0.3, 0.4) is 0 Å². The molecule has 2 aromatic rings. The van der Waals surface area contributed by atoms with Gasteiger partial charge in [0, 0.05) is 17.7 Å². The van der Waals surface area contributed by atoms with Crippen LogP contribution in [0.15, 0.2) is 36.7 Å². The van der Waals surface area contributed by atoms with E-state index in [1.54, 1.807) is 0 Å². The Morgan fingerprint density at radius 2 is 1.70 bits per heavy atom. The zero-order chi connectivity index (χ0) is 17.6. The van der Waals surface area contributed by atoms with Gasteiger partial charge in [-0.1, -0.05) is 29.8 Å². The lowest BCUT2D eigenvalue weighted by Crippen LogP contribution is -2.12. The van der Waals surface area contributed by atoms with E-state index in [0.717, 1.165) is 24.5 Å². The quantitative estimate of drug-likeness (QED) is 0.629. The Labute approximate surface area is 141 Å². The van der Waals surface area contributed by atoms with Crippen molar-refractivity contribution in [1.82, 2.24) is 9.97 Å². The Hall–Kier alpha value is -2.25.